The first kappa shape index (κ1) is 19.8. The van der Waals surface area contributed by atoms with Gasteiger partial charge in [0.2, 0.25) is 5.88 Å². The number of hydrazone groups is 1. The number of halogens is 4. The Balaban J connectivity index is 1.73. The van der Waals surface area contributed by atoms with Gasteiger partial charge >= 0.3 is 6.61 Å². The minimum absolute atomic E-state index is 0.236. The predicted molar refractivity (Wildman–Crippen MR) is 102 cm³/mol. The summed E-state index contributed by atoms with van der Waals surface area (Å²) in [4.78, 5) is 7.38. The summed E-state index contributed by atoms with van der Waals surface area (Å²) in [6.45, 7) is -2.20. The van der Waals surface area contributed by atoms with Gasteiger partial charge in [0.15, 0.2) is 6.23 Å². The van der Waals surface area contributed by atoms with E-state index in [4.69, 9.17) is 4.74 Å². The van der Waals surface area contributed by atoms with Crippen LogP contribution in [0.1, 0.15) is 18.0 Å². The molecule has 0 aliphatic carbocycles. The van der Waals surface area contributed by atoms with Gasteiger partial charge in [-0.05, 0) is 18.6 Å². The lowest BCUT2D eigenvalue weighted by Gasteiger charge is -2.32. The highest BCUT2D eigenvalue weighted by Crippen LogP contribution is 2.45. The summed E-state index contributed by atoms with van der Waals surface area (Å²) in [5.74, 6) is -1.25. The molecular formula is C19H18F4N6O2. The van der Waals surface area contributed by atoms with Crippen molar-refractivity contribution in [2.75, 3.05) is 13.2 Å². The Morgan fingerprint density at radius 1 is 1.29 bits per heavy atom. The number of hydrogen-bond acceptors (Lipinski definition) is 6. The highest BCUT2D eigenvalue weighted by atomic mass is 19.3. The average Bonchev–Trinajstić information content (AvgIpc) is 3.39. The van der Waals surface area contributed by atoms with Gasteiger partial charge in [0.05, 0.1) is 18.1 Å². The van der Waals surface area contributed by atoms with Crippen molar-refractivity contribution >= 4 is 16.7 Å². The van der Waals surface area contributed by atoms with Crippen molar-refractivity contribution in [3.8, 4) is 17.0 Å². The average molecular weight is 438 g/mol. The fourth-order valence-corrected chi connectivity index (χ4v) is 4.22. The van der Waals surface area contributed by atoms with Crippen molar-refractivity contribution in [1.29, 1.82) is 0 Å². The van der Waals surface area contributed by atoms with E-state index < -0.39 is 25.2 Å². The van der Waals surface area contributed by atoms with Gasteiger partial charge in [-0.2, -0.15) is 13.9 Å². The molecule has 5 rings (SSSR count). The van der Waals surface area contributed by atoms with Crippen LogP contribution in [0.3, 0.4) is 0 Å². The summed E-state index contributed by atoms with van der Waals surface area (Å²) in [6, 6.07) is 3.40. The monoisotopic (exact) mass is 438 g/mol. The first-order valence-corrected chi connectivity index (χ1v) is 9.64. The quantitative estimate of drug-likeness (QED) is 0.618. The highest BCUT2D eigenvalue weighted by Gasteiger charge is 2.46. The molecule has 3 aromatic heterocycles. The summed E-state index contributed by atoms with van der Waals surface area (Å²) in [6.07, 6.45) is 0.161. The summed E-state index contributed by atoms with van der Waals surface area (Å²) in [5.41, 5.74) is 1.05. The molecule has 0 saturated carbocycles. The molecule has 2 aliphatic heterocycles. The SMILES string of the molecule is Cn1cc(-c2c(C3C(C(F)F)=NN4CCCOC34)[nH]c3ncccc23)c(OC(F)F)n1. The van der Waals surface area contributed by atoms with Gasteiger partial charge < -0.3 is 14.5 Å². The molecule has 3 aromatic rings. The van der Waals surface area contributed by atoms with Gasteiger partial charge in [0.1, 0.15) is 11.4 Å². The Labute approximate surface area is 173 Å². The van der Waals surface area contributed by atoms with Crippen LogP contribution in [0.2, 0.25) is 0 Å². The zero-order valence-corrected chi connectivity index (χ0v) is 16.3. The third-order valence-corrected chi connectivity index (χ3v) is 5.36. The van der Waals surface area contributed by atoms with Crippen LogP contribution in [0.25, 0.3) is 22.2 Å². The van der Waals surface area contributed by atoms with Gasteiger partial charge in [0, 0.05) is 42.6 Å². The van der Waals surface area contributed by atoms with Crippen molar-refractivity contribution < 1.29 is 27.0 Å². The number of H-pyrrole nitrogens is 1. The Bertz CT molecular complexity index is 1140. The second-order valence-corrected chi connectivity index (χ2v) is 7.29. The molecule has 8 nitrogen and oxygen atoms in total. The number of nitrogens with zero attached hydrogens (tertiary/aromatic N) is 5. The number of aromatic amines is 1. The second-order valence-electron chi connectivity index (χ2n) is 7.29. The lowest BCUT2D eigenvalue weighted by Crippen LogP contribution is -2.40. The van der Waals surface area contributed by atoms with Crippen molar-refractivity contribution in [2.24, 2.45) is 12.1 Å². The third-order valence-electron chi connectivity index (χ3n) is 5.36. The second kappa shape index (κ2) is 7.52. The lowest BCUT2D eigenvalue weighted by atomic mass is 9.92. The summed E-state index contributed by atoms with van der Waals surface area (Å²) in [5, 5.41) is 10.2. The van der Waals surface area contributed by atoms with Gasteiger partial charge in [0.25, 0.3) is 6.43 Å². The molecule has 0 amide bonds. The maximum absolute atomic E-state index is 14.0. The van der Waals surface area contributed by atoms with Gasteiger partial charge in [-0.1, -0.05) is 0 Å². The molecular weight excluding hydrogens is 420 g/mol. The summed E-state index contributed by atoms with van der Waals surface area (Å²) in [7, 11) is 1.56. The Morgan fingerprint density at radius 2 is 2.13 bits per heavy atom. The zero-order valence-electron chi connectivity index (χ0n) is 16.3. The fraction of sp³-hybridized carbons (Fsp3) is 0.421. The smallest absolute Gasteiger partial charge is 0.388 e. The standard InChI is InChI=1S/C19H18F4N6O2/c1-28-8-10(17(27-28)31-19(22)23)11-9-4-2-5-24-16(9)25-13(11)12-14(15(20)21)26-29-6-3-7-30-18(12)29/h2,4-5,8,12,15,18-19H,3,6-7H2,1H3,(H,24,25). The van der Waals surface area contributed by atoms with Crippen molar-refractivity contribution in [1.82, 2.24) is 24.8 Å². The number of aryl methyl sites for hydroxylation is 1. The molecule has 12 heteroatoms. The number of hydrogen-bond donors (Lipinski definition) is 1. The lowest BCUT2D eigenvalue weighted by molar-refractivity contribution is -0.0879. The number of rotatable bonds is 5. The van der Waals surface area contributed by atoms with E-state index in [-0.39, 0.29) is 17.2 Å². The normalized spacial score (nSPS) is 21.3. The molecule has 2 aliphatic rings. The van der Waals surface area contributed by atoms with E-state index >= 15 is 0 Å². The maximum atomic E-state index is 14.0. The molecule has 2 atom stereocenters. The zero-order chi connectivity index (χ0) is 21.7. The molecule has 164 valence electrons. The minimum Gasteiger partial charge on any atom is -0.415 e. The molecule has 2 unspecified atom stereocenters. The summed E-state index contributed by atoms with van der Waals surface area (Å²) >= 11 is 0. The highest BCUT2D eigenvalue weighted by molar-refractivity contribution is 6.02. The Morgan fingerprint density at radius 3 is 2.90 bits per heavy atom. The van der Waals surface area contributed by atoms with Gasteiger partial charge in [-0.25, -0.2) is 13.8 Å². The Hall–Kier alpha value is -3.15. The number of alkyl halides is 4. The number of aromatic nitrogens is 4. The number of ether oxygens (including phenoxy) is 2. The minimum atomic E-state index is -3.10. The van der Waals surface area contributed by atoms with E-state index in [0.717, 1.165) is 0 Å². The molecule has 1 N–H and O–H groups in total. The van der Waals surface area contributed by atoms with Crippen LogP contribution < -0.4 is 4.74 Å². The third kappa shape index (κ3) is 3.30. The predicted octanol–water partition coefficient (Wildman–Crippen LogP) is 3.33. The van der Waals surface area contributed by atoms with Gasteiger partial charge in [-0.3, -0.25) is 9.69 Å². The first-order chi connectivity index (χ1) is 14.9. The first-order valence-electron chi connectivity index (χ1n) is 9.64. The van der Waals surface area contributed by atoms with Crippen LogP contribution in [0, 0.1) is 0 Å². The topological polar surface area (TPSA) is 80.6 Å². The van der Waals surface area contributed by atoms with E-state index in [1.165, 1.54) is 15.9 Å². The van der Waals surface area contributed by atoms with E-state index in [9.17, 15) is 17.6 Å². The number of nitrogens with one attached hydrogen (secondary N) is 1. The van der Waals surface area contributed by atoms with Crippen LogP contribution in [0.15, 0.2) is 29.6 Å². The van der Waals surface area contributed by atoms with Crippen LogP contribution in [-0.4, -0.2) is 62.9 Å². The fourth-order valence-electron chi connectivity index (χ4n) is 4.22. The van der Waals surface area contributed by atoms with Crippen molar-refractivity contribution in [2.45, 2.75) is 31.6 Å². The van der Waals surface area contributed by atoms with Crippen LogP contribution >= 0.6 is 0 Å². The molecule has 31 heavy (non-hydrogen) atoms. The van der Waals surface area contributed by atoms with E-state index in [1.54, 1.807) is 25.4 Å². The van der Waals surface area contributed by atoms with E-state index in [2.05, 4.69) is 24.9 Å². The van der Waals surface area contributed by atoms with Crippen LogP contribution in [0.4, 0.5) is 17.6 Å². The number of pyridine rings is 1. The van der Waals surface area contributed by atoms with E-state index in [1.807, 2.05) is 0 Å². The maximum Gasteiger partial charge on any atom is 0.388 e. The van der Waals surface area contributed by atoms with E-state index in [0.29, 0.717) is 41.9 Å². The van der Waals surface area contributed by atoms with Crippen LogP contribution in [0.5, 0.6) is 5.88 Å². The molecule has 5 heterocycles. The largest absolute Gasteiger partial charge is 0.415 e. The summed E-state index contributed by atoms with van der Waals surface area (Å²) < 4.78 is 65.7. The molecule has 0 radical (unpaired) electrons. The molecule has 0 aromatic carbocycles. The van der Waals surface area contributed by atoms with Crippen molar-refractivity contribution in [3.63, 3.8) is 0 Å². The number of fused-ring (bicyclic) bond motifs is 2. The molecule has 0 bridgehead atoms. The molecule has 1 fully saturated rings. The van der Waals surface area contributed by atoms with Crippen LogP contribution in [-0.2, 0) is 11.8 Å². The van der Waals surface area contributed by atoms with Gasteiger partial charge in [-0.15, -0.1) is 5.10 Å². The molecule has 0 spiro atoms. The molecule has 1 saturated heterocycles. The Kier molecular flexibility index (Phi) is 4.80. The van der Waals surface area contributed by atoms with Crippen molar-refractivity contribution in [3.05, 3.63) is 30.2 Å².